The lowest BCUT2D eigenvalue weighted by Crippen LogP contribution is -2.69. The number of unbranched alkanes of at least 4 members (excludes halogenated alkanes) is 1. The monoisotopic (exact) mass is 333 g/mol. The summed E-state index contributed by atoms with van der Waals surface area (Å²) in [6, 6.07) is 6.27. The van der Waals surface area contributed by atoms with Crippen molar-refractivity contribution in [3.8, 4) is 0 Å². The molecule has 130 valence electrons. The van der Waals surface area contributed by atoms with Gasteiger partial charge in [-0.2, -0.15) is 0 Å². The van der Waals surface area contributed by atoms with Crippen molar-refractivity contribution >= 4 is 22.8 Å². The van der Waals surface area contributed by atoms with E-state index in [1.54, 1.807) is 0 Å². The Morgan fingerprint density at radius 3 is 2.71 bits per heavy atom. The first-order valence-corrected chi connectivity index (χ1v) is 8.21. The zero-order valence-corrected chi connectivity index (χ0v) is 13.7. The highest BCUT2D eigenvalue weighted by molar-refractivity contribution is 5.87. The lowest BCUT2D eigenvalue weighted by molar-refractivity contribution is -0.403. The van der Waals surface area contributed by atoms with Gasteiger partial charge in [0.15, 0.2) is 6.04 Å². The summed E-state index contributed by atoms with van der Waals surface area (Å²) >= 11 is 0. The van der Waals surface area contributed by atoms with Gasteiger partial charge in [0.1, 0.15) is 0 Å². The first kappa shape index (κ1) is 18.0. The molecule has 2 aromatic rings. The molecular weight excluding hydrogens is 308 g/mol. The molecule has 7 heteroatoms. The number of hydrogen-bond donors (Lipinski definition) is 4. The van der Waals surface area contributed by atoms with E-state index in [0.717, 1.165) is 29.4 Å². The van der Waals surface area contributed by atoms with E-state index >= 15 is 0 Å². The summed E-state index contributed by atoms with van der Waals surface area (Å²) in [4.78, 5) is 26.6. The number of hydrogen-bond acceptors (Lipinski definition) is 3. The van der Waals surface area contributed by atoms with E-state index in [1.165, 1.54) is 0 Å². The van der Waals surface area contributed by atoms with Crippen LogP contribution in [0.4, 0.5) is 0 Å². The molecular formula is C17H25N4O3+. The largest absolute Gasteiger partial charge is 0.548 e. The second kappa shape index (κ2) is 8.47. The van der Waals surface area contributed by atoms with Crippen molar-refractivity contribution in [3.63, 3.8) is 0 Å². The summed E-state index contributed by atoms with van der Waals surface area (Å²) in [5.41, 5.74) is 9.59. The third kappa shape index (κ3) is 4.56. The maximum atomic E-state index is 12.3. The summed E-state index contributed by atoms with van der Waals surface area (Å²) < 4.78 is 0. The Morgan fingerprint density at radius 2 is 2.00 bits per heavy atom. The summed E-state index contributed by atoms with van der Waals surface area (Å²) in [5, 5.41) is 14.8. The van der Waals surface area contributed by atoms with Crippen molar-refractivity contribution in [2.45, 2.75) is 37.8 Å². The molecule has 8 N–H and O–H groups in total. The number of aromatic amines is 1. The fourth-order valence-corrected chi connectivity index (χ4v) is 2.72. The third-order valence-electron chi connectivity index (χ3n) is 4.11. The Kier molecular flexibility index (Phi) is 6.34. The van der Waals surface area contributed by atoms with Crippen molar-refractivity contribution in [1.82, 2.24) is 10.3 Å². The number of para-hydroxylation sites is 1. The van der Waals surface area contributed by atoms with E-state index in [4.69, 9.17) is 0 Å². The van der Waals surface area contributed by atoms with E-state index in [-0.39, 0.29) is 5.91 Å². The highest BCUT2D eigenvalue weighted by Crippen LogP contribution is 2.18. The number of aromatic nitrogens is 1. The maximum absolute atomic E-state index is 12.3. The van der Waals surface area contributed by atoms with Gasteiger partial charge in [-0.05, 0) is 30.9 Å². The van der Waals surface area contributed by atoms with Crippen molar-refractivity contribution in [2.75, 3.05) is 6.54 Å². The minimum atomic E-state index is -1.26. The van der Waals surface area contributed by atoms with Gasteiger partial charge < -0.3 is 31.7 Å². The Hall–Kier alpha value is -2.38. The molecule has 2 rings (SSSR count). The number of carbonyl (C=O) groups excluding carboxylic acids is 2. The van der Waals surface area contributed by atoms with E-state index in [9.17, 15) is 14.7 Å². The minimum Gasteiger partial charge on any atom is -0.548 e. The Labute approximate surface area is 140 Å². The molecule has 24 heavy (non-hydrogen) atoms. The summed E-state index contributed by atoms with van der Waals surface area (Å²) in [5.74, 6) is -1.63. The predicted octanol–water partition coefficient (Wildman–Crippen LogP) is -2.03. The number of fused-ring (bicyclic) bond motifs is 1. The molecule has 0 unspecified atom stereocenters. The van der Waals surface area contributed by atoms with Crippen LogP contribution in [0.15, 0.2) is 30.5 Å². The summed E-state index contributed by atoms with van der Waals surface area (Å²) in [7, 11) is 0. The first-order chi connectivity index (χ1) is 11.5. The number of benzene rings is 1. The number of carbonyl (C=O) groups is 2. The topological polar surface area (TPSA) is 140 Å². The molecule has 0 aliphatic heterocycles. The number of quaternary nitrogens is 2. The van der Waals surface area contributed by atoms with Crippen LogP contribution < -0.4 is 21.9 Å². The summed E-state index contributed by atoms with van der Waals surface area (Å²) in [6.07, 6.45) is 4.16. The van der Waals surface area contributed by atoms with Gasteiger partial charge in [0.05, 0.1) is 18.6 Å². The molecule has 7 nitrogen and oxygen atoms in total. The van der Waals surface area contributed by atoms with Gasteiger partial charge in [-0.1, -0.05) is 18.2 Å². The standard InChI is InChI=1S/C17H24N4O3/c18-8-4-3-7-15(17(23)24)21-16(22)13(19)9-11-10-20-14-6-2-1-5-12(11)14/h1-2,5-6,10,13,15,20H,3-4,7-9,18-19H2,(H,21,22)(H,23,24)/p+1/t13-,15-/m0/s1. The van der Waals surface area contributed by atoms with Crippen molar-refractivity contribution in [3.05, 3.63) is 36.0 Å². The quantitative estimate of drug-likeness (QED) is 0.393. The fraction of sp³-hybridized carbons (Fsp3) is 0.412. The van der Waals surface area contributed by atoms with Crippen LogP contribution >= 0.6 is 0 Å². The molecule has 1 aromatic heterocycles. The van der Waals surface area contributed by atoms with Gasteiger partial charge in [-0.15, -0.1) is 0 Å². The number of nitrogens with one attached hydrogen (secondary N) is 2. The number of rotatable bonds is 9. The second-order valence-electron chi connectivity index (χ2n) is 5.99. The molecule has 1 heterocycles. The van der Waals surface area contributed by atoms with Gasteiger partial charge in [0.25, 0.3) is 5.91 Å². The first-order valence-electron chi connectivity index (χ1n) is 8.21. The molecule has 2 atom stereocenters. The number of amides is 1. The molecule has 0 aliphatic carbocycles. The van der Waals surface area contributed by atoms with Crippen LogP contribution in [0, 0.1) is 0 Å². The molecule has 1 aromatic carbocycles. The Morgan fingerprint density at radius 1 is 1.25 bits per heavy atom. The van der Waals surface area contributed by atoms with Crippen molar-refractivity contribution in [1.29, 1.82) is 0 Å². The van der Waals surface area contributed by atoms with E-state index in [2.05, 4.69) is 21.8 Å². The van der Waals surface area contributed by atoms with Crippen LogP contribution in [0.3, 0.4) is 0 Å². The zero-order chi connectivity index (χ0) is 17.5. The van der Waals surface area contributed by atoms with Crippen LogP contribution in [0.25, 0.3) is 10.9 Å². The molecule has 0 fully saturated rings. The van der Waals surface area contributed by atoms with E-state index < -0.39 is 18.1 Å². The smallest absolute Gasteiger partial charge is 0.279 e. The number of H-pyrrole nitrogens is 1. The maximum Gasteiger partial charge on any atom is 0.279 e. The van der Waals surface area contributed by atoms with Gasteiger partial charge in [0, 0.05) is 23.5 Å². The highest BCUT2D eigenvalue weighted by Gasteiger charge is 2.23. The minimum absolute atomic E-state index is 0.351. The van der Waals surface area contributed by atoms with Gasteiger partial charge >= 0.3 is 0 Å². The molecule has 0 saturated carbocycles. The van der Waals surface area contributed by atoms with Gasteiger partial charge in [-0.25, -0.2) is 0 Å². The third-order valence-corrected chi connectivity index (χ3v) is 4.11. The van der Waals surface area contributed by atoms with Gasteiger partial charge in [0.2, 0.25) is 0 Å². The van der Waals surface area contributed by atoms with Crippen molar-refractivity contribution < 1.29 is 26.2 Å². The number of aliphatic carboxylic acids is 1. The normalized spacial score (nSPS) is 13.6. The van der Waals surface area contributed by atoms with E-state index in [0.29, 0.717) is 19.3 Å². The molecule has 0 bridgehead atoms. The molecule has 0 radical (unpaired) electrons. The lowest BCUT2D eigenvalue weighted by Gasteiger charge is -2.20. The van der Waals surface area contributed by atoms with Gasteiger partial charge in [-0.3, -0.25) is 4.79 Å². The Bertz CT molecular complexity index is 698. The zero-order valence-electron chi connectivity index (χ0n) is 13.7. The second-order valence-corrected chi connectivity index (χ2v) is 5.99. The fourth-order valence-electron chi connectivity index (χ4n) is 2.72. The predicted molar refractivity (Wildman–Crippen MR) is 87.2 cm³/mol. The average Bonchev–Trinajstić information content (AvgIpc) is 2.97. The van der Waals surface area contributed by atoms with E-state index in [1.807, 2.05) is 30.5 Å². The lowest BCUT2D eigenvalue weighted by atomic mass is 10.0. The molecule has 0 spiro atoms. The van der Waals surface area contributed by atoms with Crippen LogP contribution in [0.1, 0.15) is 24.8 Å². The number of carboxylic acid groups (broad SMARTS) is 1. The SMILES string of the molecule is [NH3+]CCCC[C@H](NC(=O)[C@@H]([NH3+])Cc1c[nH]c2ccccc12)C(=O)[O-]. The molecule has 0 saturated heterocycles. The summed E-state index contributed by atoms with van der Waals surface area (Å²) in [6.45, 7) is 0.742. The van der Waals surface area contributed by atoms with Crippen LogP contribution in [0.2, 0.25) is 0 Å². The van der Waals surface area contributed by atoms with Crippen LogP contribution in [-0.4, -0.2) is 35.5 Å². The Balaban J connectivity index is 1.96. The average molecular weight is 333 g/mol. The highest BCUT2D eigenvalue weighted by atomic mass is 16.4. The van der Waals surface area contributed by atoms with Crippen LogP contribution in [-0.2, 0) is 16.0 Å². The van der Waals surface area contributed by atoms with Crippen LogP contribution in [0.5, 0.6) is 0 Å². The number of carboxylic acids is 1. The molecule has 0 aliphatic rings. The molecule has 1 amide bonds. The van der Waals surface area contributed by atoms with Crippen molar-refractivity contribution in [2.24, 2.45) is 0 Å².